The zero-order valence-electron chi connectivity index (χ0n) is 9.51. The molecule has 0 saturated carbocycles. The predicted molar refractivity (Wildman–Crippen MR) is 68.2 cm³/mol. The minimum atomic E-state index is -0.376. The molecule has 0 aliphatic rings. The molecule has 0 unspecified atom stereocenters. The number of aromatic nitrogens is 1. The average Bonchev–Trinajstić information content (AvgIpc) is 2.41. The van der Waals surface area contributed by atoms with Gasteiger partial charge in [-0.3, -0.25) is 4.98 Å². The van der Waals surface area contributed by atoms with Crippen molar-refractivity contribution in [2.24, 2.45) is 0 Å². The van der Waals surface area contributed by atoms with Crippen LogP contribution in [-0.4, -0.2) is 4.98 Å². The van der Waals surface area contributed by atoms with Gasteiger partial charge in [0.05, 0.1) is 5.52 Å². The van der Waals surface area contributed by atoms with E-state index in [4.69, 9.17) is 4.74 Å². The van der Waals surface area contributed by atoms with E-state index in [9.17, 15) is 4.39 Å². The first-order valence-electron chi connectivity index (χ1n) is 5.60. The van der Waals surface area contributed by atoms with Crippen molar-refractivity contribution in [3.63, 3.8) is 0 Å². The third-order valence-corrected chi connectivity index (χ3v) is 2.64. The van der Waals surface area contributed by atoms with Crippen molar-refractivity contribution in [2.75, 3.05) is 0 Å². The van der Waals surface area contributed by atoms with Gasteiger partial charge < -0.3 is 4.74 Å². The highest BCUT2D eigenvalue weighted by molar-refractivity contribution is 5.79. The molecule has 1 heterocycles. The summed E-state index contributed by atoms with van der Waals surface area (Å²) in [7, 11) is 0. The second-order valence-corrected chi connectivity index (χ2v) is 3.89. The summed E-state index contributed by atoms with van der Waals surface area (Å²) < 4.78 is 19.0. The van der Waals surface area contributed by atoms with Crippen molar-refractivity contribution in [2.45, 2.75) is 0 Å². The van der Waals surface area contributed by atoms with Crippen LogP contribution < -0.4 is 4.74 Å². The molecule has 2 aromatic carbocycles. The van der Waals surface area contributed by atoms with Crippen LogP contribution in [0.4, 0.5) is 4.39 Å². The van der Waals surface area contributed by atoms with E-state index in [1.54, 1.807) is 36.5 Å². The fraction of sp³-hybridized carbons (Fsp3) is 0. The topological polar surface area (TPSA) is 22.1 Å². The molecule has 0 saturated heterocycles. The smallest absolute Gasteiger partial charge is 0.165 e. The zero-order chi connectivity index (χ0) is 12.4. The Kier molecular flexibility index (Phi) is 2.65. The number of para-hydroxylation sites is 1. The van der Waals surface area contributed by atoms with Crippen molar-refractivity contribution >= 4 is 10.9 Å². The van der Waals surface area contributed by atoms with E-state index in [-0.39, 0.29) is 11.6 Å². The molecule has 3 rings (SSSR count). The van der Waals surface area contributed by atoms with Gasteiger partial charge in [-0.1, -0.05) is 18.2 Å². The number of rotatable bonds is 2. The van der Waals surface area contributed by atoms with E-state index in [1.165, 1.54) is 6.07 Å². The van der Waals surface area contributed by atoms with Crippen LogP contribution in [0.3, 0.4) is 0 Å². The van der Waals surface area contributed by atoms with E-state index in [1.807, 2.05) is 18.2 Å². The lowest BCUT2D eigenvalue weighted by Crippen LogP contribution is -1.88. The van der Waals surface area contributed by atoms with Crippen LogP contribution in [0.5, 0.6) is 11.5 Å². The van der Waals surface area contributed by atoms with Gasteiger partial charge in [-0.15, -0.1) is 0 Å². The number of ether oxygens (including phenoxy) is 1. The summed E-state index contributed by atoms with van der Waals surface area (Å²) in [5.74, 6) is 0.415. The Hall–Kier alpha value is -2.42. The number of hydrogen-bond donors (Lipinski definition) is 0. The van der Waals surface area contributed by atoms with Gasteiger partial charge in [-0.25, -0.2) is 4.39 Å². The van der Waals surface area contributed by atoms with Gasteiger partial charge in [-0.2, -0.15) is 0 Å². The summed E-state index contributed by atoms with van der Waals surface area (Å²) in [6.07, 6.45) is 1.72. The van der Waals surface area contributed by atoms with Crippen molar-refractivity contribution < 1.29 is 9.13 Å². The monoisotopic (exact) mass is 239 g/mol. The molecule has 0 radical (unpaired) electrons. The fourth-order valence-electron chi connectivity index (χ4n) is 1.76. The quantitative estimate of drug-likeness (QED) is 0.669. The second kappa shape index (κ2) is 4.45. The Bertz CT molecular complexity index is 697. The van der Waals surface area contributed by atoms with Gasteiger partial charge in [0.1, 0.15) is 5.75 Å². The molecule has 0 N–H and O–H groups in total. The maximum Gasteiger partial charge on any atom is 0.165 e. The molecule has 3 aromatic rings. The SMILES string of the molecule is Fc1ccccc1Oc1ccc2cccnc2c1. The number of halogens is 1. The lowest BCUT2D eigenvalue weighted by molar-refractivity contribution is 0.443. The Labute approximate surface area is 104 Å². The molecule has 0 fully saturated rings. The van der Waals surface area contributed by atoms with E-state index in [0.717, 1.165) is 10.9 Å². The van der Waals surface area contributed by atoms with Crippen molar-refractivity contribution in [1.82, 2.24) is 4.98 Å². The molecule has 1 aromatic heterocycles. The molecular formula is C15H10FNO. The van der Waals surface area contributed by atoms with Crippen LogP contribution in [0.15, 0.2) is 60.8 Å². The Morgan fingerprint density at radius 3 is 2.72 bits per heavy atom. The van der Waals surface area contributed by atoms with E-state index >= 15 is 0 Å². The molecule has 0 bridgehead atoms. The van der Waals surface area contributed by atoms with E-state index < -0.39 is 0 Å². The van der Waals surface area contributed by atoms with Crippen molar-refractivity contribution in [3.05, 3.63) is 66.6 Å². The number of nitrogens with zero attached hydrogens (tertiary/aromatic N) is 1. The first-order valence-corrected chi connectivity index (χ1v) is 5.60. The summed E-state index contributed by atoms with van der Waals surface area (Å²) in [4.78, 5) is 4.23. The average molecular weight is 239 g/mol. The van der Waals surface area contributed by atoms with Crippen LogP contribution in [-0.2, 0) is 0 Å². The number of fused-ring (bicyclic) bond motifs is 1. The Morgan fingerprint density at radius 1 is 0.944 bits per heavy atom. The highest BCUT2D eigenvalue weighted by Gasteiger charge is 2.04. The molecule has 0 spiro atoms. The van der Waals surface area contributed by atoms with E-state index in [0.29, 0.717) is 5.75 Å². The van der Waals surface area contributed by atoms with Crippen LogP contribution in [0.25, 0.3) is 10.9 Å². The molecule has 0 aliphatic carbocycles. The largest absolute Gasteiger partial charge is 0.454 e. The van der Waals surface area contributed by atoms with Gasteiger partial charge in [0, 0.05) is 17.6 Å². The molecular weight excluding hydrogens is 229 g/mol. The molecule has 18 heavy (non-hydrogen) atoms. The minimum absolute atomic E-state index is 0.216. The third-order valence-electron chi connectivity index (χ3n) is 2.64. The van der Waals surface area contributed by atoms with E-state index in [2.05, 4.69) is 4.98 Å². The normalized spacial score (nSPS) is 10.5. The predicted octanol–water partition coefficient (Wildman–Crippen LogP) is 4.17. The standard InChI is InChI=1S/C15H10FNO/c16-13-5-1-2-6-15(13)18-12-8-7-11-4-3-9-17-14(11)10-12/h1-10H. The minimum Gasteiger partial charge on any atom is -0.454 e. The second-order valence-electron chi connectivity index (χ2n) is 3.89. The summed E-state index contributed by atoms with van der Waals surface area (Å²) in [5, 5.41) is 1.03. The van der Waals surface area contributed by atoms with Crippen LogP contribution in [0.1, 0.15) is 0 Å². The van der Waals surface area contributed by atoms with Crippen molar-refractivity contribution in [1.29, 1.82) is 0 Å². The lowest BCUT2D eigenvalue weighted by Gasteiger charge is -2.07. The first-order chi connectivity index (χ1) is 8.83. The number of hydrogen-bond acceptors (Lipinski definition) is 2. The highest BCUT2D eigenvalue weighted by Crippen LogP contribution is 2.26. The molecule has 2 nitrogen and oxygen atoms in total. The fourth-order valence-corrected chi connectivity index (χ4v) is 1.76. The molecule has 0 amide bonds. The Morgan fingerprint density at radius 2 is 1.83 bits per heavy atom. The summed E-state index contributed by atoms with van der Waals surface area (Å²) >= 11 is 0. The summed E-state index contributed by atoms with van der Waals surface area (Å²) in [5.41, 5.74) is 0.825. The molecule has 0 aliphatic heterocycles. The summed E-state index contributed by atoms with van der Waals surface area (Å²) in [6.45, 7) is 0. The maximum absolute atomic E-state index is 13.4. The molecule has 3 heteroatoms. The van der Waals surface area contributed by atoms with Gasteiger partial charge in [0.25, 0.3) is 0 Å². The van der Waals surface area contributed by atoms with Crippen LogP contribution in [0.2, 0.25) is 0 Å². The maximum atomic E-state index is 13.4. The zero-order valence-corrected chi connectivity index (χ0v) is 9.51. The van der Waals surface area contributed by atoms with Gasteiger partial charge >= 0.3 is 0 Å². The van der Waals surface area contributed by atoms with Gasteiger partial charge in [-0.05, 0) is 30.3 Å². The Balaban J connectivity index is 1.98. The highest BCUT2D eigenvalue weighted by atomic mass is 19.1. The van der Waals surface area contributed by atoms with Gasteiger partial charge in [0.15, 0.2) is 11.6 Å². The van der Waals surface area contributed by atoms with Crippen molar-refractivity contribution in [3.8, 4) is 11.5 Å². The summed E-state index contributed by atoms with van der Waals surface area (Å²) in [6, 6.07) is 15.7. The lowest BCUT2D eigenvalue weighted by atomic mass is 10.2. The first kappa shape index (κ1) is 10.7. The molecule has 0 atom stereocenters. The van der Waals surface area contributed by atoms with Gasteiger partial charge in [0.2, 0.25) is 0 Å². The third kappa shape index (κ3) is 2.02. The van der Waals surface area contributed by atoms with Crippen LogP contribution >= 0.6 is 0 Å². The van der Waals surface area contributed by atoms with Crippen LogP contribution in [0, 0.1) is 5.82 Å². The molecule has 88 valence electrons. The number of benzene rings is 2. The number of pyridine rings is 1.